The van der Waals surface area contributed by atoms with E-state index in [1.807, 2.05) is 41.8 Å². The molecule has 0 fully saturated rings. The third-order valence-corrected chi connectivity index (χ3v) is 5.55. The van der Waals surface area contributed by atoms with E-state index in [2.05, 4.69) is 10.2 Å². The first kappa shape index (κ1) is 18.3. The minimum atomic E-state index is -0.0263. The molecule has 0 spiro atoms. The van der Waals surface area contributed by atoms with Gasteiger partial charge in [0.25, 0.3) is 0 Å². The van der Waals surface area contributed by atoms with Crippen LogP contribution < -0.4 is 10.6 Å². The first-order valence-corrected chi connectivity index (χ1v) is 9.69. The second-order valence-corrected chi connectivity index (χ2v) is 7.39. The molecule has 1 aromatic carbocycles. The summed E-state index contributed by atoms with van der Waals surface area (Å²) in [5.74, 6) is 7.62. The van der Waals surface area contributed by atoms with Crippen LogP contribution in [0.5, 0.6) is 5.75 Å². The van der Waals surface area contributed by atoms with Gasteiger partial charge in [0.05, 0.1) is 17.7 Å². The van der Waals surface area contributed by atoms with Gasteiger partial charge in [-0.1, -0.05) is 36.0 Å². The normalized spacial score (nSPS) is 10.7. The molecule has 7 nitrogen and oxygen atoms in total. The van der Waals surface area contributed by atoms with Crippen molar-refractivity contribution in [3.8, 4) is 16.5 Å². The van der Waals surface area contributed by atoms with E-state index < -0.39 is 0 Å². The molecule has 0 saturated heterocycles. The minimum absolute atomic E-state index is 0.0263. The van der Waals surface area contributed by atoms with Gasteiger partial charge in [-0.05, 0) is 17.5 Å². The molecule has 0 saturated carbocycles. The van der Waals surface area contributed by atoms with E-state index >= 15 is 0 Å². The number of hydrogen-bond donors (Lipinski definition) is 1. The first-order valence-electron chi connectivity index (χ1n) is 7.83. The van der Waals surface area contributed by atoms with Gasteiger partial charge in [-0.2, -0.15) is 0 Å². The molecule has 26 heavy (non-hydrogen) atoms. The van der Waals surface area contributed by atoms with Gasteiger partial charge in [0, 0.05) is 19.2 Å². The summed E-state index contributed by atoms with van der Waals surface area (Å²) in [4.78, 5) is 15.0. The molecule has 0 aliphatic heterocycles. The Kier molecular flexibility index (Phi) is 5.79. The molecule has 0 bridgehead atoms. The van der Waals surface area contributed by atoms with Crippen molar-refractivity contribution in [1.29, 1.82) is 0 Å². The number of carbonyl (C=O) groups excluding carboxylic acids is 1. The van der Waals surface area contributed by atoms with Crippen LogP contribution in [0.2, 0.25) is 0 Å². The summed E-state index contributed by atoms with van der Waals surface area (Å²) in [6.45, 7) is 0.471. The first-order chi connectivity index (χ1) is 12.6. The van der Waals surface area contributed by atoms with Crippen LogP contribution in [0.3, 0.4) is 0 Å². The molecule has 1 amide bonds. The Hall–Kier alpha value is -2.52. The highest BCUT2D eigenvalue weighted by molar-refractivity contribution is 7.99. The number of benzene rings is 1. The molecule has 0 radical (unpaired) electrons. The van der Waals surface area contributed by atoms with E-state index in [-0.39, 0.29) is 11.7 Å². The van der Waals surface area contributed by atoms with Gasteiger partial charge in [0.15, 0.2) is 5.82 Å². The van der Waals surface area contributed by atoms with E-state index in [0.717, 1.165) is 16.2 Å². The molecule has 2 heterocycles. The van der Waals surface area contributed by atoms with Crippen LogP contribution in [-0.2, 0) is 11.3 Å². The quantitative estimate of drug-likeness (QED) is 0.493. The van der Waals surface area contributed by atoms with Crippen molar-refractivity contribution in [2.45, 2.75) is 11.7 Å². The Morgan fingerprint density at radius 2 is 2.12 bits per heavy atom. The maximum Gasteiger partial charge on any atom is 0.233 e. The summed E-state index contributed by atoms with van der Waals surface area (Å²) >= 11 is 2.81. The Bertz CT molecular complexity index is 879. The predicted molar refractivity (Wildman–Crippen MR) is 104 cm³/mol. The molecule has 0 aliphatic carbocycles. The molecule has 2 N–H and O–H groups in total. The second-order valence-electron chi connectivity index (χ2n) is 5.50. The van der Waals surface area contributed by atoms with E-state index in [0.29, 0.717) is 17.5 Å². The predicted octanol–water partition coefficient (Wildman–Crippen LogP) is 2.48. The zero-order chi connectivity index (χ0) is 18.5. The van der Waals surface area contributed by atoms with Crippen LogP contribution >= 0.6 is 23.1 Å². The molecule has 136 valence electrons. The summed E-state index contributed by atoms with van der Waals surface area (Å²) in [5, 5.41) is 10.6. The highest BCUT2D eigenvalue weighted by Gasteiger charge is 2.17. The van der Waals surface area contributed by atoms with Crippen LogP contribution in [0.25, 0.3) is 10.7 Å². The fraction of sp³-hybridized carbons (Fsp3) is 0.235. The number of thiophene rings is 1. The van der Waals surface area contributed by atoms with Crippen LogP contribution in [0.15, 0.2) is 46.9 Å². The van der Waals surface area contributed by atoms with Gasteiger partial charge in [-0.3, -0.25) is 4.79 Å². The average molecular weight is 390 g/mol. The van der Waals surface area contributed by atoms with Crippen molar-refractivity contribution >= 4 is 29.0 Å². The standard InChI is InChI=1S/C17H19N5O2S2/c1-21(10-12-6-3-4-7-13(12)24-2)15(23)11-26-17-20-19-16(22(17)18)14-8-5-9-25-14/h3-9H,10-11,18H2,1-2H3. The summed E-state index contributed by atoms with van der Waals surface area (Å²) in [6, 6.07) is 11.5. The zero-order valence-electron chi connectivity index (χ0n) is 14.5. The number of hydrogen-bond acceptors (Lipinski definition) is 7. The fourth-order valence-corrected chi connectivity index (χ4v) is 3.87. The zero-order valence-corrected chi connectivity index (χ0v) is 16.1. The SMILES string of the molecule is COc1ccccc1CN(C)C(=O)CSc1nnc(-c2cccs2)n1N. The monoisotopic (exact) mass is 389 g/mol. The Morgan fingerprint density at radius 1 is 1.31 bits per heavy atom. The summed E-state index contributed by atoms with van der Waals surface area (Å²) in [6.07, 6.45) is 0. The number of carbonyl (C=O) groups is 1. The lowest BCUT2D eigenvalue weighted by Gasteiger charge is -2.18. The number of amides is 1. The van der Waals surface area contributed by atoms with Crippen LogP contribution in [0.4, 0.5) is 0 Å². The molecular weight excluding hydrogens is 370 g/mol. The number of para-hydroxylation sites is 1. The highest BCUT2D eigenvalue weighted by Crippen LogP contribution is 2.25. The van der Waals surface area contributed by atoms with E-state index in [1.54, 1.807) is 19.1 Å². The Morgan fingerprint density at radius 3 is 2.85 bits per heavy atom. The summed E-state index contributed by atoms with van der Waals surface area (Å²) < 4.78 is 6.75. The molecule has 0 atom stereocenters. The highest BCUT2D eigenvalue weighted by atomic mass is 32.2. The Labute approximate surface area is 159 Å². The molecule has 3 aromatic rings. The summed E-state index contributed by atoms with van der Waals surface area (Å²) in [5.41, 5.74) is 0.956. The number of rotatable bonds is 7. The Balaban J connectivity index is 1.60. The van der Waals surface area contributed by atoms with Crippen LogP contribution in [-0.4, -0.2) is 45.6 Å². The topological polar surface area (TPSA) is 86.3 Å². The molecule has 3 rings (SSSR count). The van der Waals surface area contributed by atoms with Crippen molar-refractivity contribution in [2.24, 2.45) is 0 Å². The van der Waals surface area contributed by atoms with Crippen molar-refractivity contribution in [3.63, 3.8) is 0 Å². The molecular formula is C17H19N5O2S2. The van der Waals surface area contributed by atoms with E-state index in [1.165, 1.54) is 27.8 Å². The third kappa shape index (κ3) is 4.00. The maximum atomic E-state index is 12.4. The number of methoxy groups -OCH3 is 1. The second kappa shape index (κ2) is 8.24. The number of thioether (sulfide) groups is 1. The fourth-order valence-electron chi connectivity index (χ4n) is 2.36. The molecule has 0 aliphatic rings. The smallest absolute Gasteiger partial charge is 0.233 e. The lowest BCUT2D eigenvalue weighted by molar-refractivity contribution is -0.127. The van der Waals surface area contributed by atoms with E-state index in [4.69, 9.17) is 10.6 Å². The average Bonchev–Trinajstić information content (AvgIpc) is 3.29. The van der Waals surface area contributed by atoms with Crippen molar-refractivity contribution in [2.75, 3.05) is 25.8 Å². The van der Waals surface area contributed by atoms with Crippen molar-refractivity contribution < 1.29 is 9.53 Å². The molecule has 2 aromatic heterocycles. The molecule has 0 unspecified atom stereocenters. The largest absolute Gasteiger partial charge is 0.496 e. The van der Waals surface area contributed by atoms with Gasteiger partial charge in [0.1, 0.15) is 5.75 Å². The number of nitrogens with zero attached hydrogens (tertiary/aromatic N) is 4. The van der Waals surface area contributed by atoms with Gasteiger partial charge in [-0.15, -0.1) is 21.5 Å². The molecule has 9 heteroatoms. The van der Waals surface area contributed by atoms with Gasteiger partial charge in [0.2, 0.25) is 11.1 Å². The minimum Gasteiger partial charge on any atom is -0.496 e. The number of nitrogen functional groups attached to an aromatic ring is 1. The van der Waals surface area contributed by atoms with Crippen LogP contribution in [0, 0.1) is 0 Å². The van der Waals surface area contributed by atoms with Crippen molar-refractivity contribution in [1.82, 2.24) is 19.8 Å². The van der Waals surface area contributed by atoms with Gasteiger partial charge >= 0.3 is 0 Å². The van der Waals surface area contributed by atoms with Crippen molar-refractivity contribution in [3.05, 3.63) is 47.3 Å². The lowest BCUT2D eigenvalue weighted by atomic mass is 10.2. The van der Waals surface area contributed by atoms with E-state index in [9.17, 15) is 4.79 Å². The van der Waals surface area contributed by atoms with Gasteiger partial charge in [-0.25, -0.2) is 4.68 Å². The number of aromatic nitrogens is 3. The number of nitrogens with two attached hydrogens (primary N) is 1. The number of ether oxygens (including phenoxy) is 1. The van der Waals surface area contributed by atoms with Crippen LogP contribution in [0.1, 0.15) is 5.56 Å². The maximum absolute atomic E-state index is 12.4. The van der Waals surface area contributed by atoms with Gasteiger partial charge < -0.3 is 15.5 Å². The third-order valence-electron chi connectivity index (χ3n) is 3.76. The lowest BCUT2D eigenvalue weighted by Crippen LogP contribution is -2.28. The summed E-state index contributed by atoms with van der Waals surface area (Å²) in [7, 11) is 3.38.